The lowest BCUT2D eigenvalue weighted by molar-refractivity contribution is 0.457. The van der Waals surface area contributed by atoms with Crippen LogP contribution in [0.3, 0.4) is 0 Å². The van der Waals surface area contributed by atoms with Gasteiger partial charge in [-0.1, -0.05) is 27.7 Å². The molecule has 1 aromatic heterocycles. The van der Waals surface area contributed by atoms with E-state index in [1.165, 1.54) is 30.6 Å². The van der Waals surface area contributed by atoms with Crippen LogP contribution in [0.15, 0.2) is 12.3 Å². The fourth-order valence-corrected chi connectivity index (χ4v) is 3.95. The monoisotopic (exact) mass is 246 g/mol. The van der Waals surface area contributed by atoms with Gasteiger partial charge >= 0.3 is 0 Å². The van der Waals surface area contributed by atoms with Gasteiger partial charge in [-0.3, -0.25) is 0 Å². The SMILES string of the molecule is CC1(C)C(Cn2ccc3c2CCCC3N)C1(C)C. The summed E-state index contributed by atoms with van der Waals surface area (Å²) in [4.78, 5) is 0. The third-order valence-corrected chi connectivity index (χ3v) is 6.14. The molecular formula is C16H26N2. The topological polar surface area (TPSA) is 30.9 Å². The molecule has 2 nitrogen and oxygen atoms in total. The Morgan fingerprint density at radius 1 is 1.28 bits per heavy atom. The second-order valence-corrected chi connectivity index (χ2v) is 7.36. The zero-order valence-electron chi connectivity index (χ0n) is 12.2. The van der Waals surface area contributed by atoms with E-state index in [9.17, 15) is 0 Å². The van der Waals surface area contributed by atoms with Gasteiger partial charge in [0.15, 0.2) is 0 Å². The highest BCUT2D eigenvalue weighted by Crippen LogP contribution is 2.68. The van der Waals surface area contributed by atoms with E-state index < -0.39 is 0 Å². The van der Waals surface area contributed by atoms with E-state index in [1.54, 1.807) is 0 Å². The van der Waals surface area contributed by atoms with E-state index in [-0.39, 0.29) is 6.04 Å². The van der Waals surface area contributed by atoms with Gasteiger partial charge in [-0.15, -0.1) is 0 Å². The first-order valence-corrected chi connectivity index (χ1v) is 7.29. The van der Waals surface area contributed by atoms with Gasteiger partial charge in [0.2, 0.25) is 0 Å². The quantitative estimate of drug-likeness (QED) is 0.850. The predicted molar refractivity (Wildman–Crippen MR) is 75.4 cm³/mol. The van der Waals surface area contributed by atoms with Crippen molar-refractivity contribution >= 4 is 0 Å². The van der Waals surface area contributed by atoms with E-state index >= 15 is 0 Å². The second kappa shape index (κ2) is 3.63. The van der Waals surface area contributed by atoms with Crippen LogP contribution in [0, 0.1) is 16.7 Å². The molecule has 1 atom stereocenters. The molecule has 1 aromatic rings. The van der Waals surface area contributed by atoms with Crippen LogP contribution < -0.4 is 5.73 Å². The Morgan fingerprint density at radius 3 is 2.56 bits per heavy atom. The third kappa shape index (κ3) is 1.51. The summed E-state index contributed by atoms with van der Waals surface area (Å²) in [6, 6.07) is 2.52. The molecule has 2 aliphatic carbocycles. The molecular weight excluding hydrogens is 220 g/mol. The summed E-state index contributed by atoms with van der Waals surface area (Å²) in [7, 11) is 0. The van der Waals surface area contributed by atoms with E-state index in [0.29, 0.717) is 10.8 Å². The van der Waals surface area contributed by atoms with E-state index in [1.807, 2.05) is 0 Å². The Bertz CT molecular complexity index is 453. The first-order valence-electron chi connectivity index (χ1n) is 7.29. The van der Waals surface area contributed by atoms with E-state index in [2.05, 4.69) is 44.5 Å². The summed E-state index contributed by atoms with van der Waals surface area (Å²) in [5.74, 6) is 0.791. The molecule has 1 heterocycles. The Labute approximate surface area is 111 Å². The minimum absolute atomic E-state index is 0.273. The van der Waals surface area contributed by atoms with Crippen molar-refractivity contribution in [2.24, 2.45) is 22.5 Å². The summed E-state index contributed by atoms with van der Waals surface area (Å²) in [6.07, 6.45) is 5.87. The van der Waals surface area contributed by atoms with Gasteiger partial charge in [-0.05, 0) is 47.6 Å². The van der Waals surface area contributed by atoms with Crippen LogP contribution in [0.5, 0.6) is 0 Å². The molecule has 1 unspecified atom stereocenters. The summed E-state index contributed by atoms with van der Waals surface area (Å²) in [6.45, 7) is 10.8. The molecule has 0 saturated heterocycles. The lowest BCUT2D eigenvalue weighted by atomic mass is 9.93. The summed E-state index contributed by atoms with van der Waals surface area (Å²) in [5, 5.41) is 0. The smallest absolute Gasteiger partial charge is 0.0312 e. The lowest BCUT2D eigenvalue weighted by Gasteiger charge is -2.21. The summed E-state index contributed by atoms with van der Waals surface area (Å²) < 4.78 is 2.48. The normalized spacial score (nSPS) is 29.1. The average molecular weight is 246 g/mol. The van der Waals surface area contributed by atoms with Crippen molar-refractivity contribution in [1.29, 1.82) is 0 Å². The van der Waals surface area contributed by atoms with Gasteiger partial charge < -0.3 is 10.3 Å². The van der Waals surface area contributed by atoms with Crippen molar-refractivity contribution in [1.82, 2.24) is 4.57 Å². The molecule has 0 bridgehead atoms. The number of nitrogens with zero attached hydrogens (tertiary/aromatic N) is 1. The van der Waals surface area contributed by atoms with Crippen LogP contribution in [0.1, 0.15) is 57.8 Å². The molecule has 2 heteroatoms. The Balaban J connectivity index is 1.84. The van der Waals surface area contributed by atoms with Crippen LogP contribution in [-0.4, -0.2) is 4.57 Å². The molecule has 0 aromatic carbocycles. The van der Waals surface area contributed by atoms with E-state index in [0.717, 1.165) is 12.3 Å². The van der Waals surface area contributed by atoms with Gasteiger partial charge in [-0.2, -0.15) is 0 Å². The first-order chi connectivity index (χ1) is 8.35. The molecule has 100 valence electrons. The standard InChI is InChI=1S/C16H26N2/c1-15(2)14(16(15,3)4)10-18-9-8-11-12(17)6-5-7-13(11)18/h8-9,12,14H,5-7,10,17H2,1-4H3. The molecule has 3 rings (SSSR count). The number of hydrogen-bond donors (Lipinski definition) is 1. The molecule has 0 radical (unpaired) electrons. The van der Waals surface area contributed by atoms with Gasteiger partial charge in [0.05, 0.1) is 0 Å². The van der Waals surface area contributed by atoms with Gasteiger partial charge in [0, 0.05) is 24.5 Å². The minimum Gasteiger partial charge on any atom is -0.351 e. The van der Waals surface area contributed by atoms with Gasteiger partial charge in [0.25, 0.3) is 0 Å². The molecule has 2 aliphatic rings. The molecule has 2 N–H and O–H groups in total. The summed E-state index contributed by atoms with van der Waals surface area (Å²) in [5.41, 5.74) is 10.1. The zero-order chi connectivity index (χ0) is 13.1. The van der Waals surface area contributed by atoms with Crippen LogP contribution >= 0.6 is 0 Å². The fraction of sp³-hybridized carbons (Fsp3) is 0.750. The highest BCUT2D eigenvalue weighted by Gasteiger charge is 2.64. The molecule has 18 heavy (non-hydrogen) atoms. The van der Waals surface area contributed by atoms with Crippen molar-refractivity contribution < 1.29 is 0 Å². The number of aromatic nitrogens is 1. The number of rotatable bonds is 2. The number of fused-ring (bicyclic) bond motifs is 1. The van der Waals surface area contributed by atoms with Crippen LogP contribution in [0.25, 0.3) is 0 Å². The maximum atomic E-state index is 6.20. The maximum absolute atomic E-state index is 6.20. The zero-order valence-corrected chi connectivity index (χ0v) is 12.2. The third-order valence-electron chi connectivity index (χ3n) is 6.14. The average Bonchev–Trinajstić information content (AvgIpc) is 2.66. The van der Waals surface area contributed by atoms with Gasteiger partial charge in [-0.25, -0.2) is 0 Å². The molecule has 1 fully saturated rings. The number of hydrogen-bond acceptors (Lipinski definition) is 1. The lowest BCUT2D eigenvalue weighted by Crippen LogP contribution is -2.19. The molecule has 0 spiro atoms. The maximum Gasteiger partial charge on any atom is 0.0312 e. The van der Waals surface area contributed by atoms with Gasteiger partial charge in [0.1, 0.15) is 0 Å². The van der Waals surface area contributed by atoms with Crippen molar-refractivity contribution in [3.8, 4) is 0 Å². The highest BCUT2D eigenvalue weighted by atomic mass is 15.0. The minimum atomic E-state index is 0.273. The van der Waals surface area contributed by atoms with Crippen LogP contribution in [0.4, 0.5) is 0 Å². The van der Waals surface area contributed by atoms with Crippen LogP contribution in [0.2, 0.25) is 0 Å². The Hall–Kier alpha value is -0.760. The van der Waals surface area contributed by atoms with E-state index in [4.69, 9.17) is 5.73 Å². The predicted octanol–water partition coefficient (Wildman–Crippen LogP) is 3.51. The second-order valence-electron chi connectivity index (χ2n) is 7.36. The molecule has 0 aliphatic heterocycles. The molecule has 0 amide bonds. The Kier molecular flexibility index (Phi) is 2.48. The largest absolute Gasteiger partial charge is 0.351 e. The first kappa shape index (κ1) is 12.3. The van der Waals surface area contributed by atoms with Crippen LogP contribution in [-0.2, 0) is 13.0 Å². The molecule has 1 saturated carbocycles. The highest BCUT2D eigenvalue weighted by molar-refractivity contribution is 5.29. The van der Waals surface area contributed by atoms with Crippen molar-refractivity contribution in [2.45, 2.75) is 59.5 Å². The van der Waals surface area contributed by atoms with Crippen molar-refractivity contribution in [2.75, 3.05) is 0 Å². The van der Waals surface area contributed by atoms with Crippen molar-refractivity contribution in [3.05, 3.63) is 23.5 Å². The number of nitrogens with two attached hydrogens (primary N) is 1. The Morgan fingerprint density at radius 2 is 1.94 bits per heavy atom. The van der Waals surface area contributed by atoms with Crippen molar-refractivity contribution in [3.63, 3.8) is 0 Å². The fourth-order valence-electron chi connectivity index (χ4n) is 3.95. The summed E-state index contributed by atoms with van der Waals surface area (Å²) >= 11 is 0.